The first-order valence-corrected chi connectivity index (χ1v) is 13.6. The Morgan fingerprint density at radius 2 is 1.85 bits per heavy atom. The molecule has 9 rings (SSSR count). The molecule has 1 atom stereocenters. The van der Waals surface area contributed by atoms with Crippen molar-refractivity contribution in [3.05, 3.63) is 93.3 Å². The van der Waals surface area contributed by atoms with E-state index in [4.69, 9.17) is 0 Å². The highest BCUT2D eigenvalue weighted by atomic mass is 19.1. The predicted molar refractivity (Wildman–Crippen MR) is 145 cm³/mol. The van der Waals surface area contributed by atoms with Crippen molar-refractivity contribution in [3.63, 3.8) is 0 Å². The number of benzene rings is 3. The van der Waals surface area contributed by atoms with Gasteiger partial charge in [-0.25, -0.2) is 9.07 Å². The van der Waals surface area contributed by atoms with Crippen LogP contribution in [0.4, 0.5) is 4.39 Å². The third-order valence-electron chi connectivity index (χ3n) is 8.28. The lowest BCUT2D eigenvalue weighted by Crippen LogP contribution is -2.36. The third kappa shape index (κ3) is 4.80. The first-order valence-electron chi connectivity index (χ1n) is 13.6. The first-order chi connectivity index (χ1) is 18.9. The second kappa shape index (κ2) is 10.2. The van der Waals surface area contributed by atoms with Crippen LogP contribution in [0.2, 0.25) is 0 Å². The summed E-state index contributed by atoms with van der Waals surface area (Å²) in [5.74, 6) is -1.78. The second-order valence-corrected chi connectivity index (χ2v) is 10.7. The van der Waals surface area contributed by atoms with Crippen LogP contribution in [0.3, 0.4) is 0 Å². The van der Waals surface area contributed by atoms with E-state index in [0.717, 1.165) is 58.1 Å². The summed E-state index contributed by atoms with van der Waals surface area (Å²) in [6, 6.07) is 14.9. The molecule has 39 heavy (non-hydrogen) atoms. The van der Waals surface area contributed by atoms with E-state index in [0.29, 0.717) is 43.6 Å². The van der Waals surface area contributed by atoms with Gasteiger partial charge in [0.05, 0.1) is 11.9 Å². The highest BCUT2D eigenvalue weighted by Gasteiger charge is 2.26. The molecule has 1 N–H and O–H groups in total. The molecule has 1 aromatic heterocycles. The summed E-state index contributed by atoms with van der Waals surface area (Å²) in [5, 5.41) is 18.7. The monoisotopic (exact) mass is 526 g/mol. The molecule has 6 heterocycles. The Bertz CT molecular complexity index is 1590. The molecule has 0 saturated heterocycles. The summed E-state index contributed by atoms with van der Waals surface area (Å²) in [6.07, 6.45) is 3.87. The standard InChI is InChI=1S/C31H31FN4O3/c1-19-25-10-11-28-30(19)33-34-36(28)13-4-2-3-5-21-7-9-23(16-27(21)32)31(39)35-14-12-20-6-8-22(15-24(20)18-35)26(25)17-29(37)38/h6-11,15-16,26H,2-5,12-14,17-18H2,1H3,(H,37,38). The van der Waals surface area contributed by atoms with Gasteiger partial charge in [0.2, 0.25) is 0 Å². The van der Waals surface area contributed by atoms with Gasteiger partial charge in [0.1, 0.15) is 11.3 Å². The Kier molecular flexibility index (Phi) is 6.62. The maximum Gasteiger partial charge on any atom is 0.304 e. The number of halogens is 1. The Labute approximate surface area is 226 Å². The predicted octanol–water partition coefficient (Wildman–Crippen LogP) is 5.41. The van der Waals surface area contributed by atoms with Crippen LogP contribution in [0.15, 0.2) is 48.5 Å². The maximum absolute atomic E-state index is 14.9. The Morgan fingerprint density at radius 3 is 2.67 bits per heavy atom. The smallest absolute Gasteiger partial charge is 0.304 e. The summed E-state index contributed by atoms with van der Waals surface area (Å²) >= 11 is 0. The van der Waals surface area contributed by atoms with Crippen molar-refractivity contribution in [3.8, 4) is 0 Å². The molecule has 4 aromatic rings. The number of hydrogen-bond acceptors (Lipinski definition) is 4. The zero-order valence-corrected chi connectivity index (χ0v) is 22.0. The van der Waals surface area contributed by atoms with E-state index in [1.165, 1.54) is 6.07 Å². The van der Waals surface area contributed by atoms with Crippen molar-refractivity contribution in [1.29, 1.82) is 0 Å². The van der Waals surface area contributed by atoms with Crippen LogP contribution in [0.5, 0.6) is 0 Å². The molecule has 1 unspecified atom stereocenters. The fourth-order valence-electron chi connectivity index (χ4n) is 6.09. The van der Waals surface area contributed by atoms with Crippen LogP contribution in [-0.2, 0) is 30.7 Å². The molecule has 3 aromatic carbocycles. The van der Waals surface area contributed by atoms with Crippen molar-refractivity contribution in [2.75, 3.05) is 6.54 Å². The van der Waals surface area contributed by atoms with E-state index in [1.807, 2.05) is 35.9 Å². The molecule has 9 bridgehead atoms. The lowest BCUT2D eigenvalue weighted by Gasteiger charge is -2.30. The van der Waals surface area contributed by atoms with Gasteiger partial charge in [-0.3, -0.25) is 9.59 Å². The minimum absolute atomic E-state index is 0.0620. The zero-order valence-electron chi connectivity index (χ0n) is 22.0. The number of carboxylic acid groups (broad SMARTS) is 1. The third-order valence-corrected chi connectivity index (χ3v) is 8.28. The number of carbonyl (C=O) groups is 2. The second-order valence-electron chi connectivity index (χ2n) is 10.7. The SMILES string of the molecule is Cc1c2ccc3c1nnn3CCCCCc1ccc(cc1F)C(=O)N1CCc3ccc(cc3C1)C2CC(=O)O. The fraction of sp³-hybridized carbons (Fsp3) is 0.355. The van der Waals surface area contributed by atoms with Gasteiger partial charge >= 0.3 is 5.97 Å². The Balaban J connectivity index is 1.45. The number of hydrogen-bond donors (Lipinski definition) is 1. The summed E-state index contributed by atoms with van der Waals surface area (Å²) in [5.41, 5.74) is 7.58. The highest BCUT2D eigenvalue weighted by molar-refractivity contribution is 5.94. The normalized spacial score (nSPS) is 17.7. The molecular weight excluding hydrogens is 495 g/mol. The van der Waals surface area contributed by atoms with Gasteiger partial charge in [0.25, 0.3) is 5.91 Å². The van der Waals surface area contributed by atoms with E-state index in [9.17, 15) is 19.1 Å². The summed E-state index contributed by atoms with van der Waals surface area (Å²) in [4.78, 5) is 27.1. The van der Waals surface area contributed by atoms with Crippen molar-refractivity contribution in [2.24, 2.45) is 0 Å². The van der Waals surface area contributed by atoms with Crippen molar-refractivity contribution in [1.82, 2.24) is 19.9 Å². The first kappa shape index (κ1) is 25.2. The summed E-state index contributed by atoms with van der Waals surface area (Å²) in [7, 11) is 0. The van der Waals surface area contributed by atoms with Gasteiger partial charge in [0, 0.05) is 31.1 Å². The summed E-state index contributed by atoms with van der Waals surface area (Å²) in [6.45, 7) is 3.64. The van der Waals surface area contributed by atoms with E-state index < -0.39 is 5.97 Å². The number of nitrogens with zero attached hydrogens (tertiary/aromatic N) is 4. The largest absolute Gasteiger partial charge is 0.481 e. The molecule has 1 amide bonds. The van der Waals surface area contributed by atoms with E-state index in [2.05, 4.69) is 16.4 Å². The minimum atomic E-state index is -0.881. The highest BCUT2D eigenvalue weighted by Crippen LogP contribution is 2.35. The van der Waals surface area contributed by atoms with Crippen LogP contribution in [0.1, 0.15) is 75.3 Å². The van der Waals surface area contributed by atoms with E-state index in [1.54, 1.807) is 17.0 Å². The molecule has 5 aliphatic heterocycles. The van der Waals surface area contributed by atoms with Gasteiger partial charge in [-0.05, 0) is 84.2 Å². The van der Waals surface area contributed by atoms with E-state index in [-0.39, 0.29) is 24.1 Å². The molecule has 5 aliphatic rings. The van der Waals surface area contributed by atoms with Crippen LogP contribution in [0, 0.1) is 12.7 Å². The molecule has 7 nitrogen and oxygen atoms in total. The Hall–Kier alpha value is -4.07. The van der Waals surface area contributed by atoms with Crippen LogP contribution < -0.4 is 0 Å². The molecule has 0 fully saturated rings. The molecular formula is C31H31FN4O3. The van der Waals surface area contributed by atoms with E-state index >= 15 is 0 Å². The van der Waals surface area contributed by atoms with Gasteiger partial charge in [-0.2, -0.15) is 0 Å². The number of carboxylic acids is 1. The average molecular weight is 527 g/mol. The van der Waals surface area contributed by atoms with Crippen molar-refractivity contribution < 1.29 is 19.1 Å². The fourth-order valence-corrected chi connectivity index (χ4v) is 6.09. The van der Waals surface area contributed by atoms with Crippen molar-refractivity contribution in [2.45, 2.75) is 64.5 Å². The van der Waals surface area contributed by atoms with Gasteiger partial charge in [-0.15, -0.1) is 5.10 Å². The zero-order chi connectivity index (χ0) is 27.1. The van der Waals surface area contributed by atoms with Crippen LogP contribution >= 0.6 is 0 Å². The molecule has 8 heteroatoms. The van der Waals surface area contributed by atoms with Gasteiger partial charge < -0.3 is 10.0 Å². The lowest BCUT2D eigenvalue weighted by molar-refractivity contribution is -0.137. The molecule has 0 spiro atoms. The molecule has 0 radical (unpaired) electrons. The number of aryl methyl sites for hydroxylation is 3. The molecule has 0 aliphatic carbocycles. The molecule has 200 valence electrons. The van der Waals surface area contributed by atoms with Crippen LogP contribution in [-0.4, -0.2) is 43.4 Å². The van der Waals surface area contributed by atoms with Crippen molar-refractivity contribution >= 4 is 22.9 Å². The maximum atomic E-state index is 14.9. The molecule has 0 saturated carbocycles. The van der Waals surface area contributed by atoms with Gasteiger partial charge in [-0.1, -0.05) is 42.0 Å². The van der Waals surface area contributed by atoms with Crippen LogP contribution in [0.25, 0.3) is 11.0 Å². The summed E-state index contributed by atoms with van der Waals surface area (Å²) < 4.78 is 16.8. The number of aromatic nitrogens is 3. The lowest BCUT2D eigenvalue weighted by atomic mass is 9.83. The topological polar surface area (TPSA) is 88.3 Å². The average Bonchev–Trinajstić information content (AvgIpc) is 3.35. The number of amides is 1. The number of rotatable bonds is 2. The quantitative estimate of drug-likeness (QED) is 0.377. The number of aliphatic carboxylic acids is 1. The minimum Gasteiger partial charge on any atom is -0.481 e. The Morgan fingerprint density at radius 1 is 1.00 bits per heavy atom. The van der Waals surface area contributed by atoms with Gasteiger partial charge in [0.15, 0.2) is 0 Å². The number of carbonyl (C=O) groups excluding carboxylic acids is 1.